The van der Waals surface area contributed by atoms with Crippen molar-refractivity contribution in [3.63, 3.8) is 0 Å². The van der Waals surface area contributed by atoms with Gasteiger partial charge in [-0.1, -0.05) is 12.8 Å². The van der Waals surface area contributed by atoms with Crippen LogP contribution >= 0.6 is 11.3 Å². The van der Waals surface area contributed by atoms with Gasteiger partial charge in [-0.15, -0.1) is 11.3 Å². The molecule has 2 fully saturated rings. The number of thiazole rings is 1. The molecule has 2 aliphatic rings. The zero-order chi connectivity index (χ0) is 14.1. The monoisotopic (exact) mass is 293 g/mol. The van der Waals surface area contributed by atoms with Crippen LogP contribution in [-0.2, 0) is 4.79 Å². The van der Waals surface area contributed by atoms with Crippen molar-refractivity contribution >= 4 is 17.2 Å². The van der Waals surface area contributed by atoms with Crippen LogP contribution in [0.4, 0.5) is 0 Å². The lowest BCUT2D eigenvalue weighted by atomic mass is 9.85. The van der Waals surface area contributed by atoms with Crippen molar-refractivity contribution in [3.8, 4) is 0 Å². The Morgan fingerprint density at radius 1 is 1.50 bits per heavy atom. The van der Waals surface area contributed by atoms with Crippen LogP contribution in [0.3, 0.4) is 0 Å². The predicted molar refractivity (Wildman–Crippen MR) is 80.7 cm³/mol. The summed E-state index contributed by atoms with van der Waals surface area (Å²) < 4.78 is 0. The van der Waals surface area contributed by atoms with Crippen LogP contribution in [-0.4, -0.2) is 23.0 Å². The number of amides is 1. The first-order valence-electron chi connectivity index (χ1n) is 7.62. The number of nitrogens with one attached hydrogen (secondary N) is 2. The molecule has 1 saturated heterocycles. The maximum absolute atomic E-state index is 12.4. The lowest BCUT2D eigenvalue weighted by Gasteiger charge is -2.24. The van der Waals surface area contributed by atoms with E-state index in [-0.39, 0.29) is 18.0 Å². The highest BCUT2D eigenvalue weighted by atomic mass is 32.1. The highest BCUT2D eigenvalue weighted by Gasteiger charge is 2.38. The summed E-state index contributed by atoms with van der Waals surface area (Å²) in [6.45, 7) is 4.05. The van der Waals surface area contributed by atoms with E-state index in [2.05, 4.69) is 15.6 Å². The first kappa shape index (κ1) is 14.0. The van der Waals surface area contributed by atoms with E-state index < -0.39 is 0 Å². The molecule has 4 nitrogen and oxygen atoms in total. The van der Waals surface area contributed by atoms with Gasteiger partial charge in [-0.05, 0) is 39.0 Å². The van der Waals surface area contributed by atoms with Crippen molar-refractivity contribution in [2.24, 2.45) is 5.92 Å². The topological polar surface area (TPSA) is 54.0 Å². The second-order valence-electron chi connectivity index (χ2n) is 6.15. The lowest BCUT2D eigenvalue weighted by molar-refractivity contribution is -0.123. The van der Waals surface area contributed by atoms with Crippen molar-refractivity contribution in [1.82, 2.24) is 15.6 Å². The summed E-state index contributed by atoms with van der Waals surface area (Å²) in [5.41, 5.74) is 0. The molecular weight excluding hydrogens is 270 g/mol. The SMILES string of the molecule is Cc1cnc(C(C)NC(=O)C2CC3CCCCC3N2)s1. The van der Waals surface area contributed by atoms with Gasteiger partial charge in [-0.3, -0.25) is 4.79 Å². The van der Waals surface area contributed by atoms with Gasteiger partial charge in [-0.25, -0.2) is 4.98 Å². The van der Waals surface area contributed by atoms with Gasteiger partial charge in [0.05, 0.1) is 12.1 Å². The maximum Gasteiger partial charge on any atom is 0.237 e. The predicted octanol–water partition coefficient (Wildman–Crippen LogP) is 2.55. The molecule has 0 bridgehead atoms. The fourth-order valence-electron chi connectivity index (χ4n) is 3.47. The normalized spacial score (nSPS) is 30.8. The largest absolute Gasteiger partial charge is 0.346 e. The van der Waals surface area contributed by atoms with Crippen molar-refractivity contribution in [1.29, 1.82) is 0 Å². The van der Waals surface area contributed by atoms with Crippen molar-refractivity contribution in [3.05, 3.63) is 16.1 Å². The fraction of sp³-hybridized carbons (Fsp3) is 0.733. The molecule has 2 heterocycles. The standard InChI is InChI=1S/C15H23N3OS/c1-9-8-16-15(20-9)10(2)17-14(19)13-7-11-5-3-4-6-12(11)18-13/h8,10-13,18H,3-7H2,1-2H3,(H,17,19). The summed E-state index contributed by atoms with van der Waals surface area (Å²) in [6.07, 6.45) is 8.01. The number of hydrogen-bond acceptors (Lipinski definition) is 4. The minimum Gasteiger partial charge on any atom is -0.346 e. The molecule has 2 N–H and O–H groups in total. The van der Waals surface area contributed by atoms with Crippen LogP contribution in [0.1, 0.15) is 55.0 Å². The number of nitrogens with zero attached hydrogens (tertiary/aromatic N) is 1. The average molecular weight is 293 g/mol. The van der Waals surface area contributed by atoms with E-state index in [0.717, 1.165) is 11.4 Å². The van der Waals surface area contributed by atoms with Gasteiger partial charge in [-0.2, -0.15) is 0 Å². The highest BCUT2D eigenvalue weighted by molar-refractivity contribution is 7.11. The molecule has 1 aliphatic heterocycles. The molecule has 1 aromatic rings. The summed E-state index contributed by atoms with van der Waals surface area (Å²) in [4.78, 5) is 17.9. The van der Waals surface area contributed by atoms with E-state index in [9.17, 15) is 4.79 Å². The molecule has 3 rings (SSSR count). The van der Waals surface area contributed by atoms with Gasteiger partial charge in [0, 0.05) is 17.1 Å². The Bertz CT molecular complexity index is 473. The minimum atomic E-state index is -0.00777. The quantitative estimate of drug-likeness (QED) is 0.900. The Kier molecular flexibility index (Phi) is 4.08. The highest BCUT2D eigenvalue weighted by Crippen LogP contribution is 2.33. The fourth-order valence-corrected chi connectivity index (χ4v) is 4.25. The van der Waals surface area contributed by atoms with Gasteiger partial charge in [0.15, 0.2) is 0 Å². The van der Waals surface area contributed by atoms with Crippen LogP contribution in [0, 0.1) is 12.8 Å². The second kappa shape index (κ2) is 5.82. The number of carbonyl (C=O) groups excluding carboxylic acids is 1. The van der Waals surface area contributed by atoms with E-state index >= 15 is 0 Å². The molecule has 0 radical (unpaired) electrons. The number of aryl methyl sites for hydroxylation is 1. The van der Waals surface area contributed by atoms with Crippen molar-refractivity contribution in [2.75, 3.05) is 0 Å². The molecule has 1 aromatic heterocycles. The van der Waals surface area contributed by atoms with Gasteiger partial charge >= 0.3 is 0 Å². The second-order valence-corrected chi connectivity index (χ2v) is 7.41. The van der Waals surface area contributed by atoms with Crippen LogP contribution < -0.4 is 10.6 Å². The lowest BCUT2D eigenvalue weighted by Crippen LogP contribution is -2.43. The molecule has 1 saturated carbocycles. The molecule has 5 heteroatoms. The van der Waals surface area contributed by atoms with Crippen LogP contribution in [0.25, 0.3) is 0 Å². The molecule has 110 valence electrons. The molecule has 20 heavy (non-hydrogen) atoms. The molecule has 0 spiro atoms. The van der Waals surface area contributed by atoms with Crippen LogP contribution in [0.5, 0.6) is 0 Å². The average Bonchev–Trinajstić information content (AvgIpc) is 3.04. The summed E-state index contributed by atoms with van der Waals surface area (Å²) in [7, 11) is 0. The van der Waals surface area contributed by atoms with E-state index in [4.69, 9.17) is 0 Å². The van der Waals surface area contributed by atoms with Crippen LogP contribution in [0.15, 0.2) is 6.20 Å². The number of aromatic nitrogens is 1. The Labute approximate surface area is 124 Å². The first-order chi connectivity index (χ1) is 9.63. The number of rotatable bonds is 3. The number of hydrogen-bond donors (Lipinski definition) is 2. The Hall–Kier alpha value is -0.940. The van der Waals surface area contributed by atoms with E-state index in [0.29, 0.717) is 12.0 Å². The molecule has 4 atom stereocenters. The Morgan fingerprint density at radius 3 is 3.00 bits per heavy atom. The number of fused-ring (bicyclic) bond motifs is 1. The van der Waals surface area contributed by atoms with Gasteiger partial charge < -0.3 is 10.6 Å². The van der Waals surface area contributed by atoms with E-state index in [1.807, 2.05) is 20.0 Å². The van der Waals surface area contributed by atoms with E-state index in [1.54, 1.807) is 11.3 Å². The maximum atomic E-state index is 12.4. The third kappa shape index (κ3) is 2.88. The minimum absolute atomic E-state index is 0.00521. The van der Waals surface area contributed by atoms with Gasteiger partial charge in [0.1, 0.15) is 5.01 Å². The first-order valence-corrected chi connectivity index (χ1v) is 8.44. The molecule has 1 aliphatic carbocycles. The molecular formula is C15H23N3OS. The zero-order valence-electron chi connectivity index (χ0n) is 12.2. The van der Waals surface area contributed by atoms with Gasteiger partial charge in [0.2, 0.25) is 5.91 Å². The van der Waals surface area contributed by atoms with E-state index in [1.165, 1.54) is 30.6 Å². The number of carbonyl (C=O) groups is 1. The van der Waals surface area contributed by atoms with Crippen molar-refractivity contribution in [2.45, 2.75) is 64.1 Å². The van der Waals surface area contributed by atoms with Crippen LogP contribution in [0.2, 0.25) is 0 Å². The third-order valence-electron chi connectivity index (χ3n) is 4.55. The smallest absolute Gasteiger partial charge is 0.237 e. The zero-order valence-corrected chi connectivity index (χ0v) is 13.0. The molecule has 1 amide bonds. The summed E-state index contributed by atoms with van der Waals surface area (Å²) >= 11 is 1.65. The third-order valence-corrected chi connectivity index (χ3v) is 5.64. The van der Waals surface area contributed by atoms with Crippen molar-refractivity contribution < 1.29 is 4.79 Å². The molecule has 0 aromatic carbocycles. The molecule has 4 unspecified atom stereocenters. The summed E-state index contributed by atoms with van der Waals surface area (Å²) in [5.74, 6) is 0.844. The Morgan fingerprint density at radius 2 is 2.30 bits per heavy atom. The van der Waals surface area contributed by atoms with Gasteiger partial charge in [0.25, 0.3) is 0 Å². The summed E-state index contributed by atoms with van der Waals surface area (Å²) in [5, 5.41) is 7.63. The Balaban J connectivity index is 1.57. The summed E-state index contributed by atoms with van der Waals surface area (Å²) in [6, 6.07) is 0.564.